The molecule has 1 aromatic rings. The Morgan fingerprint density at radius 2 is 2.33 bits per heavy atom. The Morgan fingerprint density at radius 3 is 3.08 bits per heavy atom. The van der Waals surface area contributed by atoms with Gasteiger partial charge in [-0.25, -0.2) is 0 Å². The first-order valence-electron chi connectivity index (χ1n) is 4.08. The number of rotatable bonds is 1. The van der Waals surface area contributed by atoms with Gasteiger partial charge >= 0.3 is 0 Å². The molecule has 1 atom stereocenters. The first-order chi connectivity index (χ1) is 5.79. The van der Waals surface area contributed by atoms with Gasteiger partial charge in [0.15, 0.2) is 0 Å². The minimum Gasteiger partial charge on any atom is -0.324 e. The molecule has 0 amide bonds. The van der Waals surface area contributed by atoms with Crippen molar-refractivity contribution in [2.75, 3.05) is 0 Å². The number of fused-ring (bicyclic) bond motifs is 1. The largest absolute Gasteiger partial charge is 0.324 e. The van der Waals surface area contributed by atoms with E-state index in [2.05, 4.69) is 4.98 Å². The molecule has 2 heterocycles. The van der Waals surface area contributed by atoms with Crippen LogP contribution >= 0.6 is 11.8 Å². The molecule has 0 aliphatic carbocycles. The van der Waals surface area contributed by atoms with Gasteiger partial charge in [-0.1, -0.05) is 0 Å². The molecular weight excluding hydrogens is 168 g/mol. The summed E-state index contributed by atoms with van der Waals surface area (Å²) >= 11 is 1.94. The third kappa shape index (κ3) is 1.23. The highest BCUT2D eigenvalue weighted by atomic mass is 32.2. The SMILES string of the molecule is CC(N)c1cncc2c1CSC2. The molecule has 2 N–H and O–H groups in total. The van der Waals surface area contributed by atoms with Crippen LogP contribution in [0.1, 0.15) is 29.7 Å². The quantitative estimate of drug-likeness (QED) is 0.716. The van der Waals surface area contributed by atoms with Crippen LogP contribution in [0, 0.1) is 0 Å². The number of aromatic nitrogens is 1. The molecule has 0 fully saturated rings. The fraction of sp³-hybridized carbons (Fsp3) is 0.444. The third-order valence-corrected chi connectivity index (χ3v) is 3.18. The van der Waals surface area contributed by atoms with Crippen molar-refractivity contribution in [1.29, 1.82) is 0 Å². The highest BCUT2D eigenvalue weighted by Crippen LogP contribution is 2.32. The van der Waals surface area contributed by atoms with Crippen molar-refractivity contribution in [3.05, 3.63) is 29.1 Å². The lowest BCUT2D eigenvalue weighted by molar-refractivity contribution is 0.800. The van der Waals surface area contributed by atoms with Crippen molar-refractivity contribution in [3.63, 3.8) is 0 Å². The predicted octanol–water partition coefficient (Wildman–Crippen LogP) is 1.85. The van der Waals surface area contributed by atoms with Crippen LogP contribution in [0.3, 0.4) is 0 Å². The van der Waals surface area contributed by atoms with E-state index in [-0.39, 0.29) is 6.04 Å². The summed E-state index contributed by atoms with van der Waals surface area (Å²) in [7, 11) is 0. The molecule has 0 bridgehead atoms. The van der Waals surface area contributed by atoms with E-state index in [0.29, 0.717) is 0 Å². The normalized spacial score (nSPS) is 17.5. The van der Waals surface area contributed by atoms with Crippen LogP contribution in [0.4, 0.5) is 0 Å². The lowest BCUT2D eigenvalue weighted by Gasteiger charge is -2.09. The lowest BCUT2D eigenvalue weighted by atomic mass is 10.0. The lowest BCUT2D eigenvalue weighted by Crippen LogP contribution is -2.08. The predicted molar refractivity (Wildman–Crippen MR) is 51.8 cm³/mol. The maximum absolute atomic E-state index is 5.84. The average Bonchev–Trinajstić information content (AvgIpc) is 2.49. The van der Waals surface area contributed by atoms with E-state index in [0.717, 1.165) is 11.5 Å². The number of thioether (sulfide) groups is 1. The van der Waals surface area contributed by atoms with Crippen LogP contribution in [-0.2, 0) is 11.5 Å². The molecule has 0 aromatic carbocycles. The van der Waals surface area contributed by atoms with Crippen molar-refractivity contribution < 1.29 is 0 Å². The molecule has 3 heteroatoms. The molecule has 0 saturated heterocycles. The molecule has 1 aliphatic rings. The van der Waals surface area contributed by atoms with Crippen LogP contribution < -0.4 is 5.73 Å². The van der Waals surface area contributed by atoms with Gasteiger partial charge in [-0.05, 0) is 23.6 Å². The highest BCUT2D eigenvalue weighted by molar-refractivity contribution is 7.98. The molecule has 1 aromatic heterocycles. The summed E-state index contributed by atoms with van der Waals surface area (Å²) in [6, 6.07) is 0.117. The number of nitrogens with two attached hydrogens (primary N) is 1. The summed E-state index contributed by atoms with van der Waals surface area (Å²) in [4.78, 5) is 4.18. The molecule has 0 radical (unpaired) electrons. The summed E-state index contributed by atoms with van der Waals surface area (Å²) in [6.07, 6.45) is 3.86. The number of pyridine rings is 1. The standard InChI is InChI=1S/C9H12N2S/c1-6(10)8-3-11-2-7-4-12-5-9(7)8/h2-3,6H,4-5,10H2,1H3. The number of hydrogen-bond acceptors (Lipinski definition) is 3. The monoisotopic (exact) mass is 180 g/mol. The van der Waals surface area contributed by atoms with Crippen molar-refractivity contribution in [1.82, 2.24) is 4.98 Å². The second-order valence-corrected chi connectivity index (χ2v) is 4.13. The van der Waals surface area contributed by atoms with Gasteiger partial charge in [0.25, 0.3) is 0 Å². The van der Waals surface area contributed by atoms with E-state index < -0.39 is 0 Å². The first-order valence-corrected chi connectivity index (χ1v) is 5.23. The van der Waals surface area contributed by atoms with Crippen molar-refractivity contribution in [2.45, 2.75) is 24.5 Å². The Hall–Kier alpha value is -0.540. The molecule has 2 nitrogen and oxygen atoms in total. The molecule has 0 spiro atoms. The molecular formula is C9H12N2S. The maximum atomic E-state index is 5.84. The molecule has 12 heavy (non-hydrogen) atoms. The van der Waals surface area contributed by atoms with Gasteiger partial charge < -0.3 is 5.73 Å². The van der Waals surface area contributed by atoms with Crippen molar-refractivity contribution in [2.24, 2.45) is 5.73 Å². The number of nitrogens with zero attached hydrogens (tertiary/aromatic N) is 1. The van der Waals surface area contributed by atoms with Gasteiger partial charge in [0.05, 0.1) is 0 Å². The molecule has 2 rings (SSSR count). The Labute approximate surface area is 76.6 Å². The van der Waals surface area contributed by atoms with Crippen LogP contribution in [0.25, 0.3) is 0 Å². The van der Waals surface area contributed by atoms with E-state index in [1.165, 1.54) is 16.7 Å². The van der Waals surface area contributed by atoms with Crippen molar-refractivity contribution >= 4 is 11.8 Å². The smallest absolute Gasteiger partial charge is 0.0318 e. The zero-order chi connectivity index (χ0) is 8.55. The van der Waals surface area contributed by atoms with E-state index in [1.807, 2.05) is 31.1 Å². The van der Waals surface area contributed by atoms with E-state index in [1.54, 1.807) is 0 Å². The summed E-state index contributed by atoms with van der Waals surface area (Å²) in [6.45, 7) is 2.01. The maximum Gasteiger partial charge on any atom is 0.0318 e. The Bertz CT molecular complexity index is 297. The zero-order valence-electron chi connectivity index (χ0n) is 7.08. The van der Waals surface area contributed by atoms with Gasteiger partial charge in [0, 0.05) is 29.9 Å². The Kier molecular flexibility index (Phi) is 2.07. The van der Waals surface area contributed by atoms with E-state index >= 15 is 0 Å². The molecule has 1 aliphatic heterocycles. The summed E-state index contributed by atoms with van der Waals surface area (Å²) in [5, 5.41) is 0. The second kappa shape index (κ2) is 3.07. The third-order valence-electron chi connectivity index (χ3n) is 2.17. The van der Waals surface area contributed by atoms with Crippen molar-refractivity contribution in [3.8, 4) is 0 Å². The summed E-state index contributed by atoms with van der Waals surface area (Å²) in [5.41, 5.74) is 9.85. The van der Waals surface area contributed by atoms with Gasteiger partial charge in [0.2, 0.25) is 0 Å². The van der Waals surface area contributed by atoms with E-state index in [9.17, 15) is 0 Å². The topological polar surface area (TPSA) is 38.9 Å². The van der Waals surface area contributed by atoms with Gasteiger partial charge in [0.1, 0.15) is 0 Å². The fourth-order valence-electron chi connectivity index (χ4n) is 1.50. The van der Waals surface area contributed by atoms with E-state index in [4.69, 9.17) is 5.73 Å². The Morgan fingerprint density at radius 1 is 1.50 bits per heavy atom. The van der Waals surface area contributed by atoms with Gasteiger partial charge in [-0.15, -0.1) is 0 Å². The van der Waals surface area contributed by atoms with Gasteiger partial charge in [-0.3, -0.25) is 4.98 Å². The summed E-state index contributed by atoms with van der Waals surface area (Å²) < 4.78 is 0. The molecule has 1 unspecified atom stereocenters. The van der Waals surface area contributed by atoms with Gasteiger partial charge in [-0.2, -0.15) is 11.8 Å². The van der Waals surface area contributed by atoms with Crippen LogP contribution in [0.5, 0.6) is 0 Å². The minimum atomic E-state index is 0.117. The summed E-state index contributed by atoms with van der Waals surface area (Å²) in [5.74, 6) is 2.21. The fourth-order valence-corrected chi connectivity index (χ4v) is 2.63. The molecule has 64 valence electrons. The van der Waals surface area contributed by atoms with Crippen LogP contribution in [-0.4, -0.2) is 4.98 Å². The molecule has 0 saturated carbocycles. The van der Waals surface area contributed by atoms with Crippen LogP contribution in [0.15, 0.2) is 12.4 Å². The minimum absolute atomic E-state index is 0.117. The zero-order valence-corrected chi connectivity index (χ0v) is 7.90. The number of hydrogen-bond donors (Lipinski definition) is 1. The second-order valence-electron chi connectivity index (χ2n) is 3.15. The first kappa shape index (κ1) is 8.08. The highest BCUT2D eigenvalue weighted by Gasteiger charge is 2.16. The Balaban J connectivity index is 2.49. The van der Waals surface area contributed by atoms with Crippen LogP contribution in [0.2, 0.25) is 0 Å². The average molecular weight is 180 g/mol.